The number of carboxylic acid groups (broad SMARTS) is 1. The maximum atomic E-state index is 10.5. The molecule has 8 nitrogen and oxygen atoms in total. The number of carboxylic acids is 1. The highest BCUT2D eigenvalue weighted by Gasteiger charge is 2.26. The van der Waals surface area contributed by atoms with Gasteiger partial charge in [0, 0.05) is 7.05 Å². The van der Waals surface area contributed by atoms with Crippen LogP contribution in [-0.2, 0) is 4.79 Å². The number of nitrogens with zero attached hydrogens (tertiary/aromatic N) is 4. The molecule has 120 valence electrons. The van der Waals surface area contributed by atoms with Crippen LogP contribution < -0.4 is 20.3 Å². The number of aliphatic carboxylic acids is 1. The third-order valence-corrected chi connectivity index (χ3v) is 3.41. The van der Waals surface area contributed by atoms with Gasteiger partial charge in [-0.25, -0.2) is 9.99 Å². The highest BCUT2D eigenvalue weighted by molar-refractivity contribution is 6.28. The highest BCUT2D eigenvalue weighted by Crippen LogP contribution is 2.35. The van der Waals surface area contributed by atoms with Crippen LogP contribution in [0.1, 0.15) is 6.42 Å². The summed E-state index contributed by atoms with van der Waals surface area (Å²) in [6.45, 7) is 0.130. The molecule has 0 fully saturated rings. The standard InChI is InChI=1S/C14H14ClN5O3/c1-19-11-8-16-14(15)17-13(11)20(18-19)9-2-4-10(5-3-9)23-7-6-12(21)22/h2-5,8,18H,6-7H2,1H3,(H,21,22). The molecule has 3 rings (SSSR count). The molecule has 0 amide bonds. The number of halogens is 1. The Morgan fingerprint density at radius 1 is 1.39 bits per heavy atom. The molecule has 1 aromatic carbocycles. The minimum Gasteiger partial charge on any atom is -0.493 e. The second-order valence-electron chi connectivity index (χ2n) is 4.83. The second kappa shape index (κ2) is 6.27. The van der Waals surface area contributed by atoms with Crippen molar-refractivity contribution in [1.29, 1.82) is 0 Å². The molecule has 2 aromatic rings. The summed E-state index contributed by atoms with van der Waals surface area (Å²) < 4.78 is 5.37. The van der Waals surface area contributed by atoms with Gasteiger partial charge in [0.05, 0.1) is 24.9 Å². The Bertz CT molecular complexity index is 725. The number of rotatable bonds is 5. The largest absolute Gasteiger partial charge is 0.493 e. The van der Waals surface area contributed by atoms with Gasteiger partial charge in [-0.1, -0.05) is 0 Å². The van der Waals surface area contributed by atoms with E-state index in [0.717, 1.165) is 11.4 Å². The van der Waals surface area contributed by atoms with Gasteiger partial charge >= 0.3 is 5.97 Å². The van der Waals surface area contributed by atoms with E-state index in [1.165, 1.54) is 0 Å². The number of carbonyl (C=O) groups is 1. The fourth-order valence-electron chi connectivity index (χ4n) is 2.13. The maximum Gasteiger partial charge on any atom is 0.306 e. The molecule has 0 bridgehead atoms. The van der Waals surface area contributed by atoms with E-state index in [1.54, 1.807) is 28.3 Å². The van der Waals surface area contributed by atoms with Crippen LogP contribution in [0.5, 0.6) is 5.75 Å². The normalized spacial score (nSPS) is 13.1. The number of benzene rings is 1. The maximum absolute atomic E-state index is 10.5. The Morgan fingerprint density at radius 3 is 2.83 bits per heavy atom. The van der Waals surface area contributed by atoms with E-state index in [9.17, 15) is 4.79 Å². The summed E-state index contributed by atoms with van der Waals surface area (Å²) >= 11 is 5.87. The second-order valence-corrected chi connectivity index (χ2v) is 5.17. The summed E-state index contributed by atoms with van der Waals surface area (Å²) in [5.74, 6) is 0.356. The summed E-state index contributed by atoms with van der Waals surface area (Å²) in [5.41, 5.74) is 4.76. The predicted molar refractivity (Wildman–Crippen MR) is 84.9 cm³/mol. The van der Waals surface area contributed by atoms with Crippen molar-refractivity contribution in [2.45, 2.75) is 6.42 Å². The molecule has 1 aliphatic heterocycles. The molecule has 0 radical (unpaired) electrons. The molecule has 0 atom stereocenters. The predicted octanol–water partition coefficient (Wildman–Crippen LogP) is 1.99. The van der Waals surface area contributed by atoms with Crippen LogP contribution in [-0.4, -0.2) is 34.7 Å². The van der Waals surface area contributed by atoms with Gasteiger partial charge in [0.15, 0.2) is 5.82 Å². The number of ether oxygens (including phenoxy) is 1. The zero-order valence-electron chi connectivity index (χ0n) is 12.2. The van der Waals surface area contributed by atoms with Gasteiger partial charge in [0.2, 0.25) is 5.28 Å². The first-order valence-corrected chi connectivity index (χ1v) is 7.20. The van der Waals surface area contributed by atoms with Gasteiger partial charge in [-0.3, -0.25) is 9.80 Å². The monoisotopic (exact) mass is 335 g/mol. The van der Waals surface area contributed by atoms with Crippen LogP contribution in [0, 0.1) is 0 Å². The minimum atomic E-state index is -0.890. The number of fused-ring (bicyclic) bond motifs is 1. The lowest BCUT2D eigenvalue weighted by Gasteiger charge is -2.19. The lowest BCUT2D eigenvalue weighted by molar-refractivity contribution is -0.137. The summed E-state index contributed by atoms with van der Waals surface area (Å²) in [7, 11) is 1.85. The molecule has 1 aromatic heterocycles. The Labute approximate surface area is 137 Å². The lowest BCUT2D eigenvalue weighted by Crippen LogP contribution is -2.39. The van der Waals surface area contributed by atoms with Crippen LogP contribution in [0.25, 0.3) is 0 Å². The molecule has 0 saturated heterocycles. The Kier molecular flexibility index (Phi) is 4.18. The molecule has 0 unspecified atom stereocenters. The van der Waals surface area contributed by atoms with Crippen LogP contribution in [0.15, 0.2) is 30.5 Å². The quantitative estimate of drug-likeness (QED) is 0.802. The van der Waals surface area contributed by atoms with E-state index < -0.39 is 5.97 Å². The first kappa shape index (κ1) is 15.3. The van der Waals surface area contributed by atoms with Gasteiger partial charge in [0.1, 0.15) is 11.4 Å². The molecule has 1 aliphatic rings. The van der Waals surface area contributed by atoms with Gasteiger partial charge < -0.3 is 9.84 Å². The zero-order valence-corrected chi connectivity index (χ0v) is 13.0. The highest BCUT2D eigenvalue weighted by atomic mass is 35.5. The van der Waals surface area contributed by atoms with Crippen molar-refractivity contribution in [3.63, 3.8) is 0 Å². The van der Waals surface area contributed by atoms with Crippen molar-refractivity contribution in [3.8, 4) is 5.75 Å². The van der Waals surface area contributed by atoms with Gasteiger partial charge in [-0.2, -0.15) is 4.98 Å². The Morgan fingerprint density at radius 2 is 2.13 bits per heavy atom. The summed E-state index contributed by atoms with van der Waals surface area (Å²) in [6, 6.07) is 7.20. The number of anilines is 3. The number of aromatic nitrogens is 2. The molecule has 9 heteroatoms. The van der Waals surface area contributed by atoms with Gasteiger partial charge in [0.25, 0.3) is 0 Å². The van der Waals surface area contributed by atoms with E-state index in [4.69, 9.17) is 21.4 Å². The van der Waals surface area contributed by atoms with Crippen molar-refractivity contribution in [3.05, 3.63) is 35.7 Å². The first-order chi connectivity index (χ1) is 11.0. The molecular formula is C14H14ClN5O3. The summed E-state index contributed by atoms with van der Waals surface area (Å²) in [4.78, 5) is 18.7. The van der Waals surface area contributed by atoms with E-state index in [2.05, 4.69) is 15.5 Å². The number of hydrogen-bond acceptors (Lipinski definition) is 7. The molecule has 0 aliphatic carbocycles. The van der Waals surface area contributed by atoms with Crippen molar-refractivity contribution >= 4 is 34.8 Å². The zero-order chi connectivity index (χ0) is 16.4. The molecule has 0 saturated carbocycles. The average Bonchev–Trinajstić information content (AvgIpc) is 2.84. The first-order valence-electron chi connectivity index (χ1n) is 6.82. The van der Waals surface area contributed by atoms with Crippen LogP contribution in [0.3, 0.4) is 0 Å². The average molecular weight is 336 g/mol. The number of hydrogen-bond donors (Lipinski definition) is 2. The summed E-state index contributed by atoms with van der Waals surface area (Å²) in [6.07, 6.45) is 1.60. The minimum absolute atomic E-state index is 0.0387. The smallest absolute Gasteiger partial charge is 0.306 e. The fraction of sp³-hybridized carbons (Fsp3) is 0.214. The van der Waals surface area contributed by atoms with Crippen molar-refractivity contribution in [2.75, 3.05) is 23.7 Å². The van der Waals surface area contributed by atoms with E-state index in [1.807, 2.05) is 19.2 Å². The molecule has 2 heterocycles. The molecular weight excluding hydrogens is 322 g/mol. The third-order valence-electron chi connectivity index (χ3n) is 3.22. The summed E-state index contributed by atoms with van der Waals surface area (Å²) in [5, 5.41) is 12.3. The van der Waals surface area contributed by atoms with E-state index in [0.29, 0.717) is 11.6 Å². The number of hydrazine groups is 2. The van der Waals surface area contributed by atoms with Crippen LogP contribution >= 0.6 is 11.6 Å². The van der Waals surface area contributed by atoms with Crippen molar-refractivity contribution in [2.24, 2.45) is 0 Å². The molecule has 0 spiro atoms. The van der Waals surface area contributed by atoms with E-state index in [-0.39, 0.29) is 18.3 Å². The van der Waals surface area contributed by atoms with Gasteiger partial charge in [-0.15, -0.1) is 5.53 Å². The molecule has 2 N–H and O–H groups in total. The lowest BCUT2D eigenvalue weighted by atomic mass is 10.3. The fourth-order valence-corrected chi connectivity index (χ4v) is 2.25. The third kappa shape index (κ3) is 3.27. The topological polar surface area (TPSA) is 90.8 Å². The number of nitrogens with one attached hydrogen (secondary N) is 1. The Hall–Kier alpha value is -2.58. The van der Waals surface area contributed by atoms with Crippen molar-refractivity contribution < 1.29 is 14.6 Å². The van der Waals surface area contributed by atoms with E-state index >= 15 is 0 Å². The van der Waals surface area contributed by atoms with Crippen LogP contribution in [0.2, 0.25) is 5.28 Å². The molecule has 23 heavy (non-hydrogen) atoms. The van der Waals surface area contributed by atoms with Crippen LogP contribution in [0.4, 0.5) is 17.2 Å². The SMILES string of the molecule is CN1NN(c2ccc(OCCC(=O)O)cc2)c2nc(Cl)ncc21. The van der Waals surface area contributed by atoms with Crippen molar-refractivity contribution in [1.82, 2.24) is 15.5 Å². The Balaban J connectivity index is 1.76. The van der Waals surface area contributed by atoms with Gasteiger partial charge in [-0.05, 0) is 35.9 Å².